The first-order valence-corrected chi connectivity index (χ1v) is 6.62. The third kappa shape index (κ3) is 3.18. The highest BCUT2D eigenvalue weighted by Crippen LogP contribution is 2.35. The molecular formula is C13H24O2. The maximum absolute atomic E-state index is 9.91. The minimum Gasteiger partial charge on any atom is -0.393 e. The Labute approximate surface area is 92.7 Å². The fraction of sp³-hybridized carbons (Fsp3) is 1.00. The van der Waals surface area contributed by atoms with Crippen LogP contribution in [-0.2, 0) is 0 Å². The van der Waals surface area contributed by atoms with Gasteiger partial charge in [0.25, 0.3) is 0 Å². The van der Waals surface area contributed by atoms with Gasteiger partial charge < -0.3 is 10.2 Å². The second kappa shape index (κ2) is 5.31. The van der Waals surface area contributed by atoms with Crippen LogP contribution in [0.5, 0.6) is 0 Å². The minimum absolute atomic E-state index is 0.143. The van der Waals surface area contributed by atoms with Gasteiger partial charge in [0.05, 0.1) is 12.2 Å². The van der Waals surface area contributed by atoms with E-state index in [4.69, 9.17) is 0 Å². The van der Waals surface area contributed by atoms with Gasteiger partial charge in [-0.25, -0.2) is 0 Å². The fourth-order valence-corrected chi connectivity index (χ4v) is 3.33. The monoisotopic (exact) mass is 212 g/mol. The van der Waals surface area contributed by atoms with Crippen molar-refractivity contribution in [1.82, 2.24) is 0 Å². The summed E-state index contributed by atoms with van der Waals surface area (Å²) in [7, 11) is 0. The van der Waals surface area contributed by atoms with Crippen LogP contribution in [0.3, 0.4) is 0 Å². The van der Waals surface area contributed by atoms with Crippen molar-refractivity contribution in [2.75, 3.05) is 0 Å². The molecule has 0 aromatic rings. The van der Waals surface area contributed by atoms with Gasteiger partial charge in [-0.15, -0.1) is 0 Å². The highest BCUT2D eigenvalue weighted by Gasteiger charge is 2.30. The van der Waals surface area contributed by atoms with Crippen molar-refractivity contribution in [2.45, 2.75) is 70.0 Å². The maximum Gasteiger partial charge on any atom is 0.0570 e. The van der Waals surface area contributed by atoms with E-state index >= 15 is 0 Å². The standard InChI is InChI=1S/C13H24O2/c14-12-6-7-13(15)11(9-12)8-10-4-2-1-3-5-10/h10-15H,1-9H2. The molecule has 0 amide bonds. The van der Waals surface area contributed by atoms with Gasteiger partial charge in [0.1, 0.15) is 0 Å². The van der Waals surface area contributed by atoms with E-state index in [0.29, 0.717) is 5.92 Å². The lowest BCUT2D eigenvalue weighted by Gasteiger charge is -2.34. The molecular weight excluding hydrogens is 188 g/mol. The van der Waals surface area contributed by atoms with Crippen LogP contribution >= 0.6 is 0 Å². The fourth-order valence-electron chi connectivity index (χ4n) is 3.33. The normalized spacial score (nSPS) is 39.2. The Bertz CT molecular complexity index is 187. The average molecular weight is 212 g/mol. The van der Waals surface area contributed by atoms with Crippen LogP contribution in [0, 0.1) is 11.8 Å². The first kappa shape index (κ1) is 11.4. The summed E-state index contributed by atoms with van der Waals surface area (Å²) in [5.41, 5.74) is 0. The topological polar surface area (TPSA) is 40.5 Å². The molecule has 0 spiro atoms. The average Bonchev–Trinajstić information content (AvgIpc) is 2.25. The van der Waals surface area contributed by atoms with Crippen molar-refractivity contribution < 1.29 is 10.2 Å². The molecule has 0 aromatic heterocycles. The summed E-state index contributed by atoms with van der Waals surface area (Å²) < 4.78 is 0. The summed E-state index contributed by atoms with van der Waals surface area (Å²) in [5, 5.41) is 19.5. The van der Waals surface area contributed by atoms with E-state index in [9.17, 15) is 10.2 Å². The predicted molar refractivity (Wildman–Crippen MR) is 60.5 cm³/mol. The molecule has 3 atom stereocenters. The van der Waals surface area contributed by atoms with Crippen molar-refractivity contribution in [2.24, 2.45) is 11.8 Å². The maximum atomic E-state index is 9.91. The highest BCUT2D eigenvalue weighted by atomic mass is 16.3. The number of hydrogen-bond donors (Lipinski definition) is 2. The first-order valence-electron chi connectivity index (χ1n) is 6.62. The molecule has 0 aliphatic heterocycles. The van der Waals surface area contributed by atoms with Crippen LogP contribution in [0.1, 0.15) is 57.8 Å². The zero-order chi connectivity index (χ0) is 10.7. The SMILES string of the molecule is OC1CCC(O)C(CC2CCCCC2)C1. The Morgan fingerprint density at radius 1 is 0.867 bits per heavy atom. The highest BCUT2D eigenvalue weighted by molar-refractivity contribution is 4.82. The molecule has 0 bridgehead atoms. The van der Waals surface area contributed by atoms with Crippen LogP contribution in [-0.4, -0.2) is 22.4 Å². The van der Waals surface area contributed by atoms with Crippen molar-refractivity contribution in [3.63, 3.8) is 0 Å². The molecule has 2 aliphatic carbocycles. The molecule has 88 valence electrons. The van der Waals surface area contributed by atoms with Gasteiger partial charge >= 0.3 is 0 Å². The van der Waals surface area contributed by atoms with E-state index in [2.05, 4.69) is 0 Å². The van der Waals surface area contributed by atoms with E-state index < -0.39 is 0 Å². The van der Waals surface area contributed by atoms with Gasteiger partial charge in [-0.3, -0.25) is 0 Å². The molecule has 2 aliphatic rings. The molecule has 2 fully saturated rings. The van der Waals surface area contributed by atoms with E-state index in [-0.39, 0.29) is 12.2 Å². The number of hydrogen-bond acceptors (Lipinski definition) is 2. The third-order valence-corrected chi connectivity index (χ3v) is 4.28. The zero-order valence-electron chi connectivity index (χ0n) is 9.57. The summed E-state index contributed by atoms with van der Waals surface area (Å²) in [6, 6.07) is 0. The lowest BCUT2D eigenvalue weighted by atomic mass is 9.75. The van der Waals surface area contributed by atoms with E-state index in [0.717, 1.165) is 31.6 Å². The lowest BCUT2D eigenvalue weighted by Crippen LogP contribution is -2.33. The Morgan fingerprint density at radius 2 is 1.60 bits per heavy atom. The van der Waals surface area contributed by atoms with Gasteiger partial charge in [-0.1, -0.05) is 32.1 Å². The van der Waals surface area contributed by atoms with E-state index in [1.165, 1.54) is 32.1 Å². The predicted octanol–water partition coefficient (Wildman–Crippen LogP) is 2.48. The summed E-state index contributed by atoms with van der Waals surface area (Å²) in [5.74, 6) is 1.19. The Kier molecular flexibility index (Phi) is 4.04. The van der Waals surface area contributed by atoms with Crippen LogP contribution in [0.4, 0.5) is 0 Å². The third-order valence-electron chi connectivity index (χ3n) is 4.28. The van der Waals surface area contributed by atoms with E-state index in [1.54, 1.807) is 0 Å². The summed E-state index contributed by atoms with van der Waals surface area (Å²) in [6.07, 6.45) is 10.1. The summed E-state index contributed by atoms with van der Waals surface area (Å²) in [6.45, 7) is 0. The molecule has 0 heterocycles. The number of aliphatic hydroxyl groups excluding tert-OH is 2. The van der Waals surface area contributed by atoms with Gasteiger partial charge in [-0.05, 0) is 37.5 Å². The molecule has 2 rings (SSSR count). The van der Waals surface area contributed by atoms with Gasteiger partial charge in [0, 0.05) is 0 Å². The Morgan fingerprint density at radius 3 is 2.33 bits per heavy atom. The summed E-state index contributed by atoms with van der Waals surface area (Å²) in [4.78, 5) is 0. The molecule has 0 saturated heterocycles. The van der Waals surface area contributed by atoms with Crippen LogP contribution in [0.25, 0.3) is 0 Å². The second-order valence-electron chi connectivity index (χ2n) is 5.53. The van der Waals surface area contributed by atoms with Crippen LogP contribution < -0.4 is 0 Å². The molecule has 3 unspecified atom stereocenters. The first-order chi connectivity index (χ1) is 7.25. The van der Waals surface area contributed by atoms with Crippen molar-refractivity contribution in [3.05, 3.63) is 0 Å². The van der Waals surface area contributed by atoms with Crippen molar-refractivity contribution in [1.29, 1.82) is 0 Å². The van der Waals surface area contributed by atoms with Crippen LogP contribution in [0.2, 0.25) is 0 Å². The lowest BCUT2D eigenvalue weighted by molar-refractivity contribution is -0.00434. The quantitative estimate of drug-likeness (QED) is 0.738. The Balaban J connectivity index is 1.80. The van der Waals surface area contributed by atoms with E-state index in [1.807, 2.05) is 0 Å². The smallest absolute Gasteiger partial charge is 0.0570 e. The van der Waals surface area contributed by atoms with Crippen LogP contribution in [0.15, 0.2) is 0 Å². The molecule has 2 heteroatoms. The molecule has 2 N–H and O–H groups in total. The molecule has 2 nitrogen and oxygen atoms in total. The summed E-state index contributed by atoms with van der Waals surface area (Å²) >= 11 is 0. The van der Waals surface area contributed by atoms with Gasteiger partial charge in [0.2, 0.25) is 0 Å². The Hall–Kier alpha value is -0.0800. The molecule has 0 radical (unpaired) electrons. The molecule has 2 saturated carbocycles. The van der Waals surface area contributed by atoms with Crippen molar-refractivity contribution in [3.8, 4) is 0 Å². The number of aliphatic hydroxyl groups is 2. The molecule has 15 heavy (non-hydrogen) atoms. The molecule has 0 aromatic carbocycles. The minimum atomic E-state index is -0.151. The van der Waals surface area contributed by atoms with Gasteiger partial charge in [0.15, 0.2) is 0 Å². The zero-order valence-corrected chi connectivity index (χ0v) is 9.57. The second-order valence-corrected chi connectivity index (χ2v) is 5.53. The van der Waals surface area contributed by atoms with Crippen molar-refractivity contribution >= 4 is 0 Å². The number of rotatable bonds is 2. The largest absolute Gasteiger partial charge is 0.393 e. The van der Waals surface area contributed by atoms with Gasteiger partial charge in [-0.2, -0.15) is 0 Å².